The van der Waals surface area contributed by atoms with E-state index < -0.39 is 0 Å². The minimum atomic E-state index is 0.735. The first-order valence-electron chi connectivity index (χ1n) is 3.40. The second-order valence-electron chi connectivity index (χ2n) is 2.51. The van der Waals surface area contributed by atoms with Gasteiger partial charge in [-0.1, -0.05) is 0 Å². The number of hydrogen-bond donors (Lipinski definition) is 3. The third kappa shape index (κ3) is 0.741. The third-order valence-electron chi connectivity index (χ3n) is 1.79. The summed E-state index contributed by atoms with van der Waals surface area (Å²) in [5, 5.41) is 0.991. The van der Waals surface area contributed by atoms with E-state index in [1.807, 2.05) is 18.3 Å². The number of anilines is 2. The first kappa shape index (κ1) is 6.09. The van der Waals surface area contributed by atoms with E-state index in [-0.39, 0.29) is 0 Å². The second kappa shape index (κ2) is 1.92. The Balaban J connectivity index is 2.96. The topological polar surface area (TPSA) is 67.8 Å². The molecule has 0 unspecified atom stereocenters. The number of aromatic amines is 1. The number of nitrogens with one attached hydrogen (secondary N) is 1. The maximum Gasteiger partial charge on any atom is 0.0708 e. The zero-order chi connectivity index (χ0) is 7.84. The molecule has 0 aliphatic heterocycles. The van der Waals surface area contributed by atoms with Gasteiger partial charge in [0, 0.05) is 17.3 Å². The van der Waals surface area contributed by atoms with Crippen LogP contribution in [0.5, 0.6) is 0 Å². The largest absolute Gasteiger partial charge is 0.398 e. The van der Waals surface area contributed by atoms with E-state index in [0.29, 0.717) is 0 Å². The third-order valence-corrected chi connectivity index (χ3v) is 1.79. The van der Waals surface area contributed by atoms with Crippen LogP contribution in [0.1, 0.15) is 0 Å². The molecule has 56 valence electrons. The van der Waals surface area contributed by atoms with Crippen LogP contribution in [0.2, 0.25) is 0 Å². The molecule has 2 aromatic rings. The number of nitrogens with two attached hydrogens (primary N) is 2. The summed E-state index contributed by atoms with van der Waals surface area (Å²) in [6.45, 7) is 0. The highest BCUT2D eigenvalue weighted by atomic mass is 14.7. The zero-order valence-corrected chi connectivity index (χ0v) is 5.96. The van der Waals surface area contributed by atoms with Gasteiger partial charge >= 0.3 is 0 Å². The van der Waals surface area contributed by atoms with Crippen molar-refractivity contribution in [3.63, 3.8) is 0 Å². The molecule has 0 amide bonds. The van der Waals surface area contributed by atoms with Gasteiger partial charge in [0.1, 0.15) is 0 Å². The predicted octanol–water partition coefficient (Wildman–Crippen LogP) is 1.33. The molecule has 11 heavy (non-hydrogen) atoms. The van der Waals surface area contributed by atoms with Crippen LogP contribution in [0.15, 0.2) is 24.4 Å². The molecular formula is C8H9N3. The van der Waals surface area contributed by atoms with Gasteiger partial charge in [0.05, 0.1) is 11.2 Å². The molecule has 0 saturated heterocycles. The van der Waals surface area contributed by atoms with Crippen molar-refractivity contribution in [3.05, 3.63) is 24.4 Å². The van der Waals surface area contributed by atoms with Gasteiger partial charge in [-0.25, -0.2) is 0 Å². The molecule has 0 aliphatic rings. The molecule has 1 aromatic carbocycles. The minimum Gasteiger partial charge on any atom is -0.398 e. The zero-order valence-electron chi connectivity index (χ0n) is 5.96. The Morgan fingerprint density at radius 1 is 1.00 bits per heavy atom. The summed E-state index contributed by atoms with van der Waals surface area (Å²) >= 11 is 0. The Morgan fingerprint density at radius 2 is 1.73 bits per heavy atom. The Bertz CT molecular complexity index is 353. The van der Waals surface area contributed by atoms with Crippen LogP contribution in [-0.4, -0.2) is 4.98 Å². The van der Waals surface area contributed by atoms with Gasteiger partial charge in [0.15, 0.2) is 0 Å². The van der Waals surface area contributed by atoms with Crippen LogP contribution in [-0.2, 0) is 0 Å². The normalized spacial score (nSPS) is 10.5. The van der Waals surface area contributed by atoms with Crippen molar-refractivity contribution in [2.45, 2.75) is 0 Å². The standard InChI is InChI=1S/C8H9N3/c9-6-1-2-7(10)8-5(6)3-4-11-8/h1-4,11H,9-10H2. The highest BCUT2D eigenvalue weighted by molar-refractivity contribution is 5.97. The number of hydrogen-bond acceptors (Lipinski definition) is 2. The van der Waals surface area contributed by atoms with Crippen molar-refractivity contribution in [1.29, 1.82) is 0 Å². The van der Waals surface area contributed by atoms with Crippen LogP contribution < -0.4 is 11.5 Å². The number of aromatic nitrogens is 1. The monoisotopic (exact) mass is 147 g/mol. The fourth-order valence-corrected chi connectivity index (χ4v) is 1.20. The lowest BCUT2D eigenvalue weighted by molar-refractivity contribution is 1.48. The molecule has 0 fully saturated rings. The molecular weight excluding hydrogens is 138 g/mol. The summed E-state index contributed by atoms with van der Waals surface area (Å²) in [5.41, 5.74) is 13.8. The number of rotatable bonds is 0. The van der Waals surface area contributed by atoms with Crippen molar-refractivity contribution >= 4 is 22.3 Å². The van der Waals surface area contributed by atoms with Gasteiger partial charge in [0.25, 0.3) is 0 Å². The van der Waals surface area contributed by atoms with E-state index in [9.17, 15) is 0 Å². The number of H-pyrrole nitrogens is 1. The molecule has 2 rings (SSSR count). The number of fused-ring (bicyclic) bond motifs is 1. The molecule has 0 aliphatic carbocycles. The lowest BCUT2D eigenvalue weighted by Gasteiger charge is -1.98. The van der Waals surface area contributed by atoms with Crippen molar-refractivity contribution < 1.29 is 0 Å². The average molecular weight is 147 g/mol. The quantitative estimate of drug-likeness (QED) is 0.492. The molecule has 3 nitrogen and oxygen atoms in total. The van der Waals surface area contributed by atoms with Gasteiger partial charge in [-0.2, -0.15) is 0 Å². The van der Waals surface area contributed by atoms with Gasteiger partial charge in [-0.05, 0) is 18.2 Å². The highest BCUT2D eigenvalue weighted by Crippen LogP contribution is 2.24. The first-order valence-corrected chi connectivity index (χ1v) is 3.40. The van der Waals surface area contributed by atoms with Crippen molar-refractivity contribution in [1.82, 2.24) is 4.98 Å². The number of nitrogen functional groups attached to an aromatic ring is 2. The van der Waals surface area contributed by atoms with E-state index in [1.165, 1.54) is 0 Å². The van der Waals surface area contributed by atoms with Gasteiger partial charge in [-0.15, -0.1) is 0 Å². The number of benzene rings is 1. The fraction of sp³-hybridized carbons (Fsp3) is 0. The maximum absolute atomic E-state index is 5.69. The first-order chi connectivity index (χ1) is 5.29. The fourth-order valence-electron chi connectivity index (χ4n) is 1.20. The molecule has 0 spiro atoms. The van der Waals surface area contributed by atoms with Crippen molar-refractivity contribution in [2.24, 2.45) is 0 Å². The summed E-state index contributed by atoms with van der Waals surface area (Å²) in [5.74, 6) is 0. The summed E-state index contributed by atoms with van der Waals surface area (Å²) < 4.78 is 0. The van der Waals surface area contributed by atoms with Crippen LogP contribution in [0.3, 0.4) is 0 Å². The summed E-state index contributed by atoms with van der Waals surface area (Å²) in [4.78, 5) is 3.02. The second-order valence-corrected chi connectivity index (χ2v) is 2.51. The van der Waals surface area contributed by atoms with Crippen molar-refractivity contribution in [2.75, 3.05) is 11.5 Å². The van der Waals surface area contributed by atoms with E-state index >= 15 is 0 Å². The molecule has 3 heteroatoms. The summed E-state index contributed by atoms with van der Waals surface area (Å²) in [7, 11) is 0. The molecule has 5 N–H and O–H groups in total. The lowest BCUT2D eigenvalue weighted by Crippen LogP contribution is -1.90. The summed E-state index contributed by atoms with van der Waals surface area (Å²) in [6, 6.07) is 5.53. The van der Waals surface area contributed by atoms with Crippen LogP contribution in [0, 0.1) is 0 Å². The van der Waals surface area contributed by atoms with Crippen molar-refractivity contribution in [3.8, 4) is 0 Å². The molecule has 1 heterocycles. The molecule has 0 bridgehead atoms. The maximum atomic E-state index is 5.69. The van der Waals surface area contributed by atoms with Crippen LogP contribution >= 0.6 is 0 Å². The molecule has 0 atom stereocenters. The highest BCUT2D eigenvalue weighted by Gasteiger charge is 2.00. The Hall–Kier alpha value is -1.64. The van der Waals surface area contributed by atoms with E-state index in [4.69, 9.17) is 11.5 Å². The Kier molecular flexibility index (Phi) is 1.06. The Labute approximate surface area is 64.0 Å². The molecule has 0 saturated carbocycles. The van der Waals surface area contributed by atoms with Gasteiger partial charge < -0.3 is 16.5 Å². The Morgan fingerprint density at radius 3 is 2.45 bits per heavy atom. The van der Waals surface area contributed by atoms with Crippen LogP contribution in [0.4, 0.5) is 11.4 Å². The van der Waals surface area contributed by atoms with Gasteiger partial charge in [0.2, 0.25) is 0 Å². The van der Waals surface area contributed by atoms with E-state index in [0.717, 1.165) is 22.3 Å². The summed E-state index contributed by atoms with van der Waals surface area (Å²) in [6.07, 6.45) is 1.83. The van der Waals surface area contributed by atoms with E-state index in [2.05, 4.69) is 4.98 Å². The minimum absolute atomic E-state index is 0.735. The SMILES string of the molecule is Nc1ccc(N)c2[nH]ccc12. The van der Waals surface area contributed by atoms with Gasteiger partial charge in [-0.3, -0.25) is 0 Å². The van der Waals surface area contributed by atoms with Crippen LogP contribution in [0.25, 0.3) is 10.9 Å². The lowest BCUT2D eigenvalue weighted by atomic mass is 10.2. The molecule has 1 aromatic heterocycles. The molecule has 0 radical (unpaired) electrons. The smallest absolute Gasteiger partial charge is 0.0708 e. The van der Waals surface area contributed by atoms with E-state index in [1.54, 1.807) is 6.07 Å². The predicted molar refractivity (Wildman–Crippen MR) is 47.1 cm³/mol. The average Bonchev–Trinajstić information content (AvgIpc) is 2.45.